The molecule has 8 heteroatoms. The average Bonchev–Trinajstić information content (AvgIpc) is 3.07. The van der Waals surface area contributed by atoms with Crippen molar-refractivity contribution in [2.24, 2.45) is 4.99 Å². The summed E-state index contributed by atoms with van der Waals surface area (Å²) >= 11 is 0. The summed E-state index contributed by atoms with van der Waals surface area (Å²) in [6.07, 6.45) is 1.90. The molecule has 3 aliphatic rings. The molecule has 0 aliphatic carbocycles. The van der Waals surface area contributed by atoms with Gasteiger partial charge in [-0.15, -0.1) is 0 Å². The summed E-state index contributed by atoms with van der Waals surface area (Å²) in [7, 11) is 0. The first-order valence-corrected chi connectivity index (χ1v) is 16.4. The second-order valence-corrected chi connectivity index (χ2v) is 12.4. The largest absolute Gasteiger partial charge is 0.381 e. The summed E-state index contributed by atoms with van der Waals surface area (Å²) in [5.41, 5.74) is 7.92. The fraction of sp³-hybridized carbons (Fsp3) is 0.395. The van der Waals surface area contributed by atoms with Gasteiger partial charge in [0.15, 0.2) is 0 Å². The van der Waals surface area contributed by atoms with Gasteiger partial charge >= 0.3 is 0 Å². The number of morpholine rings is 1. The highest BCUT2D eigenvalue weighted by Gasteiger charge is 2.26. The molecule has 3 aliphatic heterocycles. The molecule has 0 bridgehead atoms. The summed E-state index contributed by atoms with van der Waals surface area (Å²) in [5.74, 6) is -0.531. The van der Waals surface area contributed by atoms with E-state index in [1.54, 1.807) is 0 Å². The monoisotopic (exact) mass is 620 g/mol. The van der Waals surface area contributed by atoms with Gasteiger partial charge in [-0.05, 0) is 84.5 Å². The van der Waals surface area contributed by atoms with Crippen molar-refractivity contribution in [3.8, 4) is 11.1 Å². The van der Waals surface area contributed by atoms with Crippen molar-refractivity contribution < 1.29 is 19.1 Å². The Labute approximate surface area is 271 Å². The molecule has 1 N–H and O–H groups in total. The summed E-state index contributed by atoms with van der Waals surface area (Å²) in [4.78, 5) is 36.1. The first kappa shape index (κ1) is 31.9. The molecule has 2 saturated heterocycles. The summed E-state index contributed by atoms with van der Waals surface area (Å²) < 4.78 is 11.2. The topological polar surface area (TPSA) is 83.5 Å². The van der Waals surface area contributed by atoms with Crippen LogP contribution in [0.2, 0.25) is 0 Å². The molecule has 2 amide bonds. The van der Waals surface area contributed by atoms with Gasteiger partial charge in [-0.25, -0.2) is 4.99 Å². The smallest absolute Gasteiger partial charge is 0.275 e. The molecule has 0 spiro atoms. The van der Waals surface area contributed by atoms with Gasteiger partial charge < -0.3 is 19.7 Å². The SMILES string of the molecule is C=c1ccc2c(c1)C(C)=NC(=O)C=2CNC(=O)c1cc(-c2ccc(CN3CCOCC3)cc2)cc(N(CC)C2CCOCC2)c1C. The molecule has 0 atom stereocenters. The van der Waals surface area contributed by atoms with Crippen LogP contribution in [0.15, 0.2) is 59.6 Å². The van der Waals surface area contributed by atoms with Crippen LogP contribution < -0.4 is 20.7 Å². The van der Waals surface area contributed by atoms with Gasteiger partial charge in [-0.1, -0.05) is 43.0 Å². The number of nitrogens with one attached hydrogen (secondary N) is 1. The Kier molecular flexibility index (Phi) is 9.78. The van der Waals surface area contributed by atoms with Crippen LogP contribution >= 0.6 is 0 Å². The molecule has 6 rings (SSSR count). The molecule has 0 unspecified atom stereocenters. The Bertz CT molecular complexity index is 1750. The van der Waals surface area contributed by atoms with Gasteiger partial charge in [0.25, 0.3) is 11.8 Å². The summed E-state index contributed by atoms with van der Waals surface area (Å²) in [5, 5.41) is 4.72. The minimum atomic E-state index is -0.317. The van der Waals surface area contributed by atoms with Crippen LogP contribution in [0.25, 0.3) is 23.3 Å². The molecule has 2 fully saturated rings. The number of amides is 2. The van der Waals surface area contributed by atoms with E-state index in [0.717, 1.165) is 104 Å². The maximum Gasteiger partial charge on any atom is 0.275 e. The van der Waals surface area contributed by atoms with Crippen molar-refractivity contribution in [1.29, 1.82) is 0 Å². The molecule has 46 heavy (non-hydrogen) atoms. The number of hydrogen-bond donors (Lipinski definition) is 1. The summed E-state index contributed by atoms with van der Waals surface area (Å²) in [6.45, 7) is 16.8. The average molecular weight is 621 g/mol. The predicted octanol–water partition coefficient (Wildman–Crippen LogP) is 3.84. The molecule has 240 valence electrons. The van der Waals surface area contributed by atoms with Crippen molar-refractivity contribution in [2.45, 2.75) is 46.2 Å². The molecule has 3 aromatic carbocycles. The molecular formula is C38H44N4O4. The van der Waals surface area contributed by atoms with Crippen LogP contribution in [0.4, 0.5) is 5.69 Å². The molecule has 0 radical (unpaired) electrons. The number of anilines is 1. The molecule has 0 saturated carbocycles. The molecule has 3 heterocycles. The summed E-state index contributed by atoms with van der Waals surface area (Å²) in [6, 6.07) is 18.9. The fourth-order valence-corrected chi connectivity index (χ4v) is 6.83. The van der Waals surface area contributed by atoms with Crippen molar-refractivity contribution in [1.82, 2.24) is 10.2 Å². The number of ether oxygens (including phenoxy) is 2. The predicted molar refractivity (Wildman–Crippen MR) is 184 cm³/mol. The maximum atomic E-state index is 14.0. The quantitative estimate of drug-likeness (QED) is 0.392. The molecule has 0 aromatic heterocycles. The Morgan fingerprint density at radius 3 is 2.41 bits per heavy atom. The van der Waals surface area contributed by atoms with Crippen LogP contribution in [-0.4, -0.2) is 81.1 Å². The zero-order chi connectivity index (χ0) is 32.2. The van der Waals surface area contributed by atoms with Gasteiger partial charge in [0.05, 0.1) is 13.2 Å². The number of fused-ring (bicyclic) bond motifs is 1. The molecule has 3 aromatic rings. The molecular weight excluding hydrogens is 576 g/mol. The van der Waals surface area contributed by atoms with E-state index in [-0.39, 0.29) is 18.4 Å². The van der Waals surface area contributed by atoms with Crippen molar-refractivity contribution >= 4 is 35.4 Å². The second-order valence-electron chi connectivity index (χ2n) is 12.4. The number of hydrogen-bond acceptors (Lipinski definition) is 6. The Hall–Kier alpha value is -4.11. The minimum Gasteiger partial charge on any atom is -0.381 e. The van der Waals surface area contributed by atoms with Crippen LogP contribution in [0, 0.1) is 6.92 Å². The van der Waals surface area contributed by atoms with E-state index in [0.29, 0.717) is 22.9 Å². The number of benzene rings is 3. The normalized spacial score (nSPS) is 17.4. The van der Waals surface area contributed by atoms with Crippen LogP contribution in [0.5, 0.6) is 0 Å². The number of nitrogens with zero attached hydrogens (tertiary/aromatic N) is 3. The Morgan fingerprint density at radius 1 is 0.978 bits per heavy atom. The highest BCUT2D eigenvalue weighted by Crippen LogP contribution is 2.34. The van der Waals surface area contributed by atoms with E-state index in [4.69, 9.17) is 9.47 Å². The standard InChI is InChI=1S/C38H44N4O4/c1-5-42(31-12-16-45-17-13-31)36-22-30(29-9-7-28(8-10-29)24-41-14-18-46-19-15-41)21-33(26(36)3)37(43)39-23-35-32-11-6-25(2)20-34(32)27(4)40-38(35)44/h6-11,20-22,31H,2,5,12-19,23-24H2,1,3-4H3,(H,39,43). The third-order valence-corrected chi connectivity index (χ3v) is 9.46. The third-order valence-electron chi connectivity index (χ3n) is 9.46. The lowest BCUT2D eigenvalue weighted by Crippen LogP contribution is -2.40. The lowest BCUT2D eigenvalue weighted by molar-refractivity contribution is -0.112. The first-order valence-electron chi connectivity index (χ1n) is 16.4. The minimum absolute atomic E-state index is 0.0879. The lowest BCUT2D eigenvalue weighted by Gasteiger charge is -2.37. The first-order chi connectivity index (χ1) is 22.3. The zero-order valence-electron chi connectivity index (χ0n) is 27.2. The lowest BCUT2D eigenvalue weighted by atomic mass is 9.94. The van der Waals surface area contributed by atoms with E-state index in [1.807, 2.05) is 38.1 Å². The van der Waals surface area contributed by atoms with E-state index >= 15 is 0 Å². The van der Waals surface area contributed by atoms with Crippen molar-refractivity contribution in [3.05, 3.63) is 87.3 Å². The van der Waals surface area contributed by atoms with Gasteiger partial charge in [0.1, 0.15) is 0 Å². The highest BCUT2D eigenvalue weighted by atomic mass is 16.5. The highest BCUT2D eigenvalue weighted by molar-refractivity contribution is 6.24. The zero-order valence-corrected chi connectivity index (χ0v) is 27.2. The van der Waals surface area contributed by atoms with Crippen LogP contribution in [0.1, 0.15) is 53.7 Å². The Morgan fingerprint density at radius 2 is 1.70 bits per heavy atom. The van der Waals surface area contributed by atoms with E-state index in [2.05, 4.69) is 63.9 Å². The van der Waals surface area contributed by atoms with Crippen LogP contribution in [0.3, 0.4) is 0 Å². The second kappa shape index (κ2) is 14.1. The van der Waals surface area contributed by atoms with Gasteiger partial charge in [0, 0.05) is 80.1 Å². The number of carbonyl (C=O) groups is 2. The van der Waals surface area contributed by atoms with Crippen LogP contribution in [-0.2, 0) is 20.8 Å². The van der Waals surface area contributed by atoms with Gasteiger partial charge in [0.2, 0.25) is 0 Å². The number of carbonyl (C=O) groups excluding carboxylic acids is 2. The van der Waals surface area contributed by atoms with E-state index in [9.17, 15) is 9.59 Å². The van der Waals surface area contributed by atoms with Crippen molar-refractivity contribution in [3.63, 3.8) is 0 Å². The van der Waals surface area contributed by atoms with E-state index < -0.39 is 0 Å². The van der Waals surface area contributed by atoms with E-state index in [1.165, 1.54) is 5.56 Å². The number of aliphatic imine (C=N–C) groups is 1. The molecule has 8 nitrogen and oxygen atoms in total. The maximum absolute atomic E-state index is 14.0. The third kappa shape index (κ3) is 6.84. The fourth-order valence-electron chi connectivity index (χ4n) is 6.83. The van der Waals surface area contributed by atoms with Gasteiger partial charge in [-0.3, -0.25) is 14.5 Å². The van der Waals surface area contributed by atoms with Crippen molar-refractivity contribution in [2.75, 3.05) is 57.5 Å². The van der Waals surface area contributed by atoms with Gasteiger partial charge in [-0.2, -0.15) is 0 Å². The number of rotatable bonds is 9. The Balaban J connectivity index is 1.33.